The molecule has 6 heteroatoms. The third-order valence-electron chi connectivity index (χ3n) is 3.50. The monoisotopic (exact) mass is 368 g/mol. The Morgan fingerprint density at radius 1 is 1.04 bits per heavy atom. The Morgan fingerprint density at radius 3 is 1.64 bits per heavy atom. The standard InChI is InChI=1S/C5H10O2.C5H12O2.C5H12O.C4H10O/c1-5(2-6)3-7-4-5;1-3-5(6)4-7-2;1-4-5(2)6-3;1-3-4-5-2/h6H,2-4H2,1H3;5-6H,3-4H2,1-2H3;5H,4H2,1-3H3;3-4H2,1-2H3. The van der Waals surface area contributed by atoms with E-state index >= 15 is 0 Å². The van der Waals surface area contributed by atoms with Gasteiger partial charge in [0.25, 0.3) is 0 Å². The van der Waals surface area contributed by atoms with Crippen LogP contribution in [0.1, 0.15) is 53.9 Å². The first-order valence-corrected chi connectivity index (χ1v) is 9.17. The molecule has 6 nitrogen and oxygen atoms in total. The summed E-state index contributed by atoms with van der Waals surface area (Å²) in [4.78, 5) is 0. The van der Waals surface area contributed by atoms with Crippen molar-refractivity contribution in [1.82, 2.24) is 0 Å². The molecule has 1 saturated heterocycles. The van der Waals surface area contributed by atoms with Gasteiger partial charge in [-0.05, 0) is 26.2 Å². The van der Waals surface area contributed by atoms with Gasteiger partial charge in [0.15, 0.2) is 0 Å². The van der Waals surface area contributed by atoms with E-state index in [1.165, 1.54) is 0 Å². The van der Waals surface area contributed by atoms with Gasteiger partial charge in [-0.15, -0.1) is 0 Å². The van der Waals surface area contributed by atoms with Crippen molar-refractivity contribution in [2.75, 3.05) is 54.4 Å². The largest absolute Gasteiger partial charge is 0.396 e. The number of aliphatic hydroxyl groups excluding tert-OH is 2. The lowest BCUT2D eigenvalue weighted by Gasteiger charge is -2.35. The molecule has 1 fully saturated rings. The third kappa shape index (κ3) is 23.8. The van der Waals surface area contributed by atoms with Crippen LogP contribution < -0.4 is 0 Å². The van der Waals surface area contributed by atoms with Gasteiger partial charge in [-0.25, -0.2) is 0 Å². The van der Waals surface area contributed by atoms with Gasteiger partial charge in [0.1, 0.15) is 0 Å². The highest BCUT2D eigenvalue weighted by atomic mass is 16.5. The van der Waals surface area contributed by atoms with Gasteiger partial charge in [-0.2, -0.15) is 0 Å². The van der Waals surface area contributed by atoms with Gasteiger partial charge in [0, 0.05) is 33.4 Å². The molecular weight excluding hydrogens is 324 g/mol. The maximum Gasteiger partial charge on any atom is 0.0770 e. The molecule has 1 aliphatic rings. The summed E-state index contributed by atoms with van der Waals surface area (Å²) in [7, 11) is 5.02. The number of hydrogen-bond donors (Lipinski definition) is 2. The Morgan fingerprint density at radius 2 is 1.60 bits per heavy atom. The Bertz CT molecular complexity index is 222. The van der Waals surface area contributed by atoms with Gasteiger partial charge >= 0.3 is 0 Å². The first-order valence-electron chi connectivity index (χ1n) is 9.17. The van der Waals surface area contributed by atoms with Crippen LogP contribution in [0.5, 0.6) is 0 Å². The Kier molecular flexibility index (Phi) is 25.7. The van der Waals surface area contributed by atoms with Crippen LogP contribution in [0.25, 0.3) is 0 Å². The van der Waals surface area contributed by atoms with E-state index < -0.39 is 0 Å². The molecule has 0 aromatic carbocycles. The predicted molar refractivity (Wildman–Crippen MR) is 103 cm³/mol. The molecule has 1 aliphatic heterocycles. The summed E-state index contributed by atoms with van der Waals surface area (Å²) in [6, 6.07) is 0. The van der Waals surface area contributed by atoms with Crippen LogP contribution in [0.2, 0.25) is 0 Å². The molecule has 0 saturated carbocycles. The van der Waals surface area contributed by atoms with Crippen LogP contribution in [-0.2, 0) is 18.9 Å². The molecule has 1 heterocycles. The maximum absolute atomic E-state index is 8.73. The molecule has 2 atom stereocenters. The highest BCUT2D eigenvalue weighted by molar-refractivity contribution is 4.78. The summed E-state index contributed by atoms with van der Waals surface area (Å²) in [6.07, 6.45) is 3.16. The Balaban J connectivity index is -0.000000261. The Labute approximate surface area is 155 Å². The third-order valence-corrected chi connectivity index (χ3v) is 3.50. The highest BCUT2D eigenvalue weighted by Gasteiger charge is 2.31. The minimum atomic E-state index is -0.273. The lowest BCUT2D eigenvalue weighted by molar-refractivity contribution is -0.125. The molecule has 0 aromatic rings. The molecular formula is C19H44O6. The quantitative estimate of drug-likeness (QED) is 0.686. The van der Waals surface area contributed by atoms with Crippen molar-refractivity contribution < 1.29 is 29.2 Å². The minimum Gasteiger partial charge on any atom is -0.396 e. The molecule has 156 valence electrons. The fraction of sp³-hybridized carbons (Fsp3) is 1.00. The van der Waals surface area contributed by atoms with Crippen LogP contribution in [0.4, 0.5) is 0 Å². The maximum atomic E-state index is 8.73. The van der Waals surface area contributed by atoms with E-state index in [9.17, 15) is 0 Å². The zero-order valence-electron chi connectivity index (χ0n) is 17.8. The molecule has 25 heavy (non-hydrogen) atoms. The van der Waals surface area contributed by atoms with Crippen LogP contribution >= 0.6 is 0 Å². The first kappa shape index (κ1) is 29.5. The highest BCUT2D eigenvalue weighted by Crippen LogP contribution is 2.24. The molecule has 0 amide bonds. The van der Waals surface area contributed by atoms with Crippen molar-refractivity contribution in [1.29, 1.82) is 0 Å². The second-order valence-electron chi connectivity index (χ2n) is 6.43. The van der Waals surface area contributed by atoms with Gasteiger partial charge in [-0.3, -0.25) is 0 Å². The summed E-state index contributed by atoms with van der Waals surface area (Å²) in [6.45, 7) is 13.2. The van der Waals surface area contributed by atoms with Gasteiger partial charge in [0.05, 0.1) is 38.6 Å². The van der Waals surface area contributed by atoms with E-state index in [4.69, 9.17) is 24.4 Å². The number of rotatable bonds is 8. The van der Waals surface area contributed by atoms with E-state index in [0.29, 0.717) is 12.7 Å². The van der Waals surface area contributed by atoms with Crippen LogP contribution in [-0.4, -0.2) is 76.8 Å². The Hall–Kier alpha value is -0.240. The fourth-order valence-electron chi connectivity index (χ4n) is 1.22. The van der Waals surface area contributed by atoms with Gasteiger partial charge < -0.3 is 29.2 Å². The zero-order chi connectivity index (χ0) is 20.1. The number of aliphatic hydroxyl groups is 2. The molecule has 0 radical (unpaired) electrons. The molecule has 1 rings (SSSR count). The van der Waals surface area contributed by atoms with Crippen molar-refractivity contribution in [3.63, 3.8) is 0 Å². The van der Waals surface area contributed by atoms with Crippen molar-refractivity contribution in [3.8, 4) is 0 Å². The lowest BCUT2D eigenvalue weighted by Crippen LogP contribution is -2.42. The normalized spacial score (nSPS) is 16.6. The van der Waals surface area contributed by atoms with E-state index in [0.717, 1.165) is 39.1 Å². The smallest absolute Gasteiger partial charge is 0.0770 e. The number of ether oxygens (including phenoxy) is 4. The van der Waals surface area contributed by atoms with E-state index in [1.807, 2.05) is 13.8 Å². The lowest BCUT2D eigenvalue weighted by atomic mass is 9.90. The summed E-state index contributed by atoms with van der Waals surface area (Å²) >= 11 is 0. The number of methoxy groups -OCH3 is 3. The van der Waals surface area contributed by atoms with Crippen molar-refractivity contribution >= 4 is 0 Å². The molecule has 2 N–H and O–H groups in total. The molecule has 0 aromatic heterocycles. The van der Waals surface area contributed by atoms with Crippen molar-refractivity contribution in [2.24, 2.45) is 5.41 Å². The van der Waals surface area contributed by atoms with E-state index in [-0.39, 0.29) is 18.1 Å². The zero-order valence-corrected chi connectivity index (χ0v) is 17.8. The van der Waals surface area contributed by atoms with Gasteiger partial charge in [-0.1, -0.05) is 27.7 Å². The molecule has 0 bridgehead atoms. The summed E-state index contributed by atoms with van der Waals surface area (Å²) in [5, 5.41) is 17.3. The average molecular weight is 369 g/mol. The van der Waals surface area contributed by atoms with Crippen LogP contribution in [0, 0.1) is 5.41 Å². The number of hydrogen-bond acceptors (Lipinski definition) is 6. The van der Waals surface area contributed by atoms with Crippen LogP contribution in [0.3, 0.4) is 0 Å². The van der Waals surface area contributed by atoms with Gasteiger partial charge in [0.2, 0.25) is 0 Å². The summed E-state index contributed by atoms with van der Waals surface area (Å²) in [5.41, 5.74) is 0.0972. The second kappa shape index (κ2) is 21.8. The fourth-order valence-corrected chi connectivity index (χ4v) is 1.22. The first-order chi connectivity index (χ1) is 11.8. The minimum absolute atomic E-state index is 0.0972. The van der Waals surface area contributed by atoms with Crippen molar-refractivity contribution in [3.05, 3.63) is 0 Å². The average Bonchev–Trinajstić information content (AvgIpc) is 2.61. The molecule has 0 spiro atoms. The molecule has 2 unspecified atom stereocenters. The topological polar surface area (TPSA) is 77.4 Å². The summed E-state index contributed by atoms with van der Waals surface area (Å²) in [5.74, 6) is 0. The van der Waals surface area contributed by atoms with Crippen molar-refractivity contribution in [2.45, 2.75) is 66.1 Å². The summed E-state index contributed by atoms with van der Waals surface area (Å²) < 4.78 is 19.1. The molecule has 0 aliphatic carbocycles. The second-order valence-corrected chi connectivity index (χ2v) is 6.43. The van der Waals surface area contributed by atoms with Crippen LogP contribution in [0.15, 0.2) is 0 Å². The SMILES string of the molecule is CC1(CO)COC1.CCC(C)OC.CCC(O)COC.CCCOC. The predicted octanol–water partition coefficient (Wildman–Crippen LogP) is 2.89. The van der Waals surface area contributed by atoms with E-state index in [2.05, 4.69) is 25.5 Å². The van der Waals surface area contributed by atoms with E-state index in [1.54, 1.807) is 21.3 Å².